The summed E-state index contributed by atoms with van der Waals surface area (Å²) in [6.45, 7) is 0. The molecule has 0 aliphatic heterocycles. The normalized spacial score (nSPS) is 11.1. The van der Waals surface area contributed by atoms with E-state index in [4.69, 9.17) is 35.4 Å². The van der Waals surface area contributed by atoms with Crippen LogP contribution in [0.1, 0.15) is 0 Å². The van der Waals surface area contributed by atoms with Gasteiger partial charge in [-0.25, -0.2) is 9.37 Å². The number of benzene rings is 1. The topological polar surface area (TPSA) is 33.6 Å². The van der Waals surface area contributed by atoms with E-state index < -0.39 is 5.82 Å². The van der Waals surface area contributed by atoms with E-state index in [1.54, 1.807) is 16.8 Å². The molecule has 1 N–H and O–H groups in total. The summed E-state index contributed by atoms with van der Waals surface area (Å²) >= 11 is 16.8. The molecule has 0 unspecified atom stereocenters. The highest BCUT2D eigenvalue weighted by molar-refractivity contribution is 7.71. The number of pyridine rings is 1. The second-order valence-electron chi connectivity index (χ2n) is 3.86. The van der Waals surface area contributed by atoms with Crippen LogP contribution in [-0.4, -0.2) is 14.5 Å². The smallest absolute Gasteiger partial charge is 0.183 e. The molecule has 7 heteroatoms. The molecular weight excluding hydrogens is 308 g/mol. The first-order valence-corrected chi connectivity index (χ1v) is 6.45. The van der Waals surface area contributed by atoms with Crippen LogP contribution in [0.2, 0.25) is 10.0 Å². The third-order valence-corrected chi connectivity index (χ3v) is 3.50. The van der Waals surface area contributed by atoms with Crippen molar-refractivity contribution in [3.8, 4) is 5.69 Å². The lowest BCUT2D eigenvalue weighted by Gasteiger charge is -2.06. The number of imidazole rings is 1. The standard InChI is InChI=1S/C12H6Cl2FN3S/c13-7-4-6(5-8(14)10(7)15)18-11-9(17-12(18)19)2-1-3-16-11/h1-5H,(H,17,19). The van der Waals surface area contributed by atoms with Gasteiger partial charge in [-0.15, -0.1) is 0 Å². The zero-order chi connectivity index (χ0) is 13.6. The Morgan fingerprint density at radius 2 is 1.95 bits per heavy atom. The van der Waals surface area contributed by atoms with Gasteiger partial charge in [-0.1, -0.05) is 23.2 Å². The molecule has 3 aromatic rings. The van der Waals surface area contributed by atoms with Crippen molar-refractivity contribution in [2.75, 3.05) is 0 Å². The molecule has 3 rings (SSSR count). The summed E-state index contributed by atoms with van der Waals surface area (Å²) in [5.41, 5.74) is 1.97. The molecule has 2 heterocycles. The summed E-state index contributed by atoms with van der Waals surface area (Å²) in [6.07, 6.45) is 1.65. The molecular formula is C12H6Cl2FN3S. The van der Waals surface area contributed by atoms with Crippen LogP contribution in [0.3, 0.4) is 0 Å². The van der Waals surface area contributed by atoms with Gasteiger partial charge in [0.25, 0.3) is 0 Å². The predicted molar refractivity (Wildman–Crippen MR) is 76.2 cm³/mol. The van der Waals surface area contributed by atoms with Gasteiger partial charge in [0, 0.05) is 6.20 Å². The largest absolute Gasteiger partial charge is 0.329 e. The summed E-state index contributed by atoms with van der Waals surface area (Å²) in [5.74, 6) is -0.647. The first-order valence-electron chi connectivity index (χ1n) is 5.28. The van der Waals surface area contributed by atoms with Gasteiger partial charge in [0.1, 0.15) is 0 Å². The molecule has 96 valence electrons. The van der Waals surface area contributed by atoms with Crippen LogP contribution in [0.25, 0.3) is 16.9 Å². The molecule has 0 aliphatic rings. The number of rotatable bonds is 1. The highest BCUT2D eigenvalue weighted by atomic mass is 35.5. The lowest BCUT2D eigenvalue weighted by Crippen LogP contribution is -1.96. The number of aromatic nitrogens is 3. The van der Waals surface area contributed by atoms with Crippen molar-refractivity contribution >= 4 is 46.6 Å². The summed E-state index contributed by atoms with van der Waals surface area (Å²) < 4.78 is 15.5. The van der Waals surface area contributed by atoms with Gasteiger partial charge in [-0.2, -0.15) is 0 Å². The quantitative estimate of drug-likeness (QED) is 0.529. The number of H-pyrrole nitrogens is 1. The van der Waals surface area contributed by atoms with Gasteiger partial charge < -0.3 is 4.98 Å². The zero-order valence-electron chi connectivity index (χ0n) is 9.32. The van der Waals surface area contributed by atoms with Gasteiger partial charge in [0.2, 0.25) is 0 Å². The summed E-state index contributed by atoms with van der Waals surface area (Å²) in [6, 6.07) is 6.56. The van der Waals surface area contributed by atoms with Crippen molar-refractivity contribution in [3.05, 3.63) is 51.1 Å². The molecule has 19 heavy (non-hydrogen) atoms. The second kappa shape index (κ2) is 4.59. The van der Waals surface area contributed by atoms with E-state index in [1.807, 2.05) is 6.07 Å². The summed E-state index contributed by atoms with van der Waals surface area (Å²) in [7, 11) is 0. The van der Waals surface area contributed by atoms with Gasteiger partial charge in [0.15, 0.2) is 16.2 Å². The van der Waals surface area contributed by atoms with Crippen LogP contribution in [0.5, 0.6) is 0 Å². The van der Waals surface area contributed by atoms with Crippen molar-refractivity contribution in [1.29, 1.82) is 0 Å². The zero-order valence-corrected chi connectivity index (χ0v) is 11.7. The Morgan fingerprint density at radius 3 is 2.63 bits per heavy atom. The first kappa shape index (κ1) is 12.6. The van der Waals surface area contributed by atoms with Gasteiger partial charge in [-0.3, -0.25) is 4.57 Å². The average molecular weight is 314 g/mol. The molecule has 3 nitrogen and oxygen atoms in total. The van der Waals surface area contributed by atoms with Gasteiger partial charge >= 0.3 is 0 Å². The molecule has 0 spiro atoms. The van der Waals surface area contributed by atoms with Crippen LogP contribution in [0.4, 0.5) is 4.39 Å². The van der Waals surface area contributed by atoms with Gasteiger partial charge in [-0.05, 0) is 36.5 Å². The van der Waals surface area contributed by atoms with E-state index in [2.05, 4.69) is 9.97 Å². The maximum atomic E-state index is 13.4. The van der Waals surface area contributed by atoms with E-state index in [1.165, 1.54) is 12.1 Å². The lowest BCUT2D eigenvalue weighted by molar-refractivity contribution is 0.628. The number of nitrogens with zero attached hydrogens (tertiary/aromatic N) is 2. The third-order valence-electron chi connectivity index (χ3n) is 2.67. The number of hydrogen-bond donors (Lipinski definition) is 1. The number of nitrogens with one attached hydrogen (secondary N) is 1. The van der Waals surface area contributed by atoms with Crippen molar-refractivity contribution in [1.82, 2.24) is 14.5 Å². The van der Waals surface area contributed by atoms with Crippen molar-refractivity contribution in [2.45, 2.75) is 0 Å². The minimum absolute atomic E-state index is 0.0605. The Hall–Kier alpha value is -1.43. The summed E-state index contributed by atoms with van der Waals surface area (Å²) in [5, 5.41) is -0.121. The highest BCUT2D eigenvalue weighted by Gasteiger charge is 2.12. The molecule has 0 bridgehead atoms. The van der Waals surface area contributed by atoms with E-state index in [0.29, 0.717) is 16.1 Å². The van der Waals surface area contributed by atoms with E-state index in [9.17, 15) is 4.39 Å². The van der Waals surface area contributed by atoms with Crippen molar-refractivity contribution < 1.29 is 4.39 Å². The van der Waals surface area contributed by atoms with E-state index in [0.717, 1.165) is 5.52 Å². The van der Waals surface area contributed by atoms with E-state index in [-0.39, 0.29) is 10.0 Å². The molecule has 0 fully saturated rings. The fraction of sp³-hybridized carbons (Fsp3) is 0. The molecule has 0 aliphatic carbocycles. The fourth-order valence-electron chi connectivity index (χ4n) is 1.85. The number of aromatic amines is 1. The Morgan fingerprint density at radius 1 is 1.26 bits per heavy atom. The monoisotopic (exact) mass is 313 g/mol. The molecule has 0 saturated carbocycles. The maximum absolute atomic E-state index is 13.4. The van der Waals surface area contributed by atoms with Gasteiger partial charge in [0.05, 0.1) is 21.2 Å². The highest BCUT2D eigenvalue weighted by Crippen LogP contribution is 2.28. The minimum atomic E-state index is -0.647. The first-order chi connectivity index (χ1) is 9.08. The predicted octanol–water partition coefficient (Wildman–Crippen LogP) is 4.53. The lowest BCUT2D eigenvalue weighted by atomic mass is 10.3. The Kier molecular flexibility index (Phi) is 3.05. The molecule has 0 radical (unpaired) electrons. The third kappa shape index (κ3) is 2.04. The maximum Gasteiger partial charge on any atom is 0.183 e. The Bertz CT molecular complexity index is 817. The van der Waals surface area contributed by atoms with Crippen LogP contribution in [0.15, 0.2) is 30.5 Å². The number of fused-ring (bicyclic) bond motifs is 1. The van der Waals surface area contributed by atoms with Crippen molar-refractivity contribution in [2.24, 2.45) is 0 Å². The Labute approximate surface area is 122 Å². The van der Waals surface area contributed by atoms with Crippen LogP contribution < -0.4 is 0 Å². The van der Waals surface area contributed by atoms with Crippen LogP contribution in [-0.2, 0) is 0 Å². The van der Waals surface area contributed by atoms with Crippen LogP contribution in [0, 0.1) is 10.6 Å². The average Bonchev–Trinajstić information content (AvgIpc) is 2.71. The number of hydrogen-bond acceptors (Lipinski definition) is 2. The molecule has 1 aromatic carbocycles. The molecule has 0 saturated heterocycles. The minimum Gasteiger partial charge on any atom is -0.329 e. The fourth-order valence-corrected chi connectivity index (χ4v) is 2.63. The molecule has 0 atom stereocenters. The molecule has 0 amide bonds. The van der Waals surface area contributed by atoms with Crippen molar-refractivity contribution in [3.63, 3.8) is 0 Å². The second-order valence-corrected chi connectivity index (χ2v) is 5.06. The Balaban J connectivity index is 2.36. The number of halogens is 3. The SMILES string of the molecule is Fc1c(Cl)cc(-n2c(=S)[nH]c3cccnc32)cc1Cl. The summed E-state index contributed by atoms with van der Waals surface area (Å²) in [4.78, 5) is 7.26. The molecule has 2 aromatic heterocycles. The van der Waals surface area contributed by atoms with E-state index >= 15 is 0 Å². The van der Waals surface area contributed by atoms with Crippen LogP contribution >= 0.6 is 35.4 Å².